The average molecular weight is 740 g/mol. The van der Waals surface area contributed by atoms with Gasteiger partial charge >= 0.3 is 12.1 Å². The summed E-state index contributed by atoms with van der Waals surface area (Å²) < 4.78 is 16.7. The van der Waals surface area contributed by atoms with Crippen molar-refractivity contribution in [2.24, 2.45) is 5.41 Å². The van der Waals surface area contributed by atoms with E-state index in [4.69, 9.17) is 14.2 Å². The van der Waals surface area contributed by atoms with Crippen molar-refractivity contribution in [3.8, 4) is 0 Å². The van der Waals surface area contributed by atoms with Crippen molar-refractivity contribution >= 4 is 12.1 Å². The van der Waals surface area contributed by atoms with Crippen molar-refractivity contribution in [1.29, 1.82) is 0 Å². The van der Waals surface area contributed by atoms with Gasteiger partial charge in [0.15, 0.2) is 0 Å². The van der Waals surface area contributed by atoms with E-state index in [0.717, 1.165) is 96.6 Å². The van der Waals surface area contributed by atoms with E-state index >= 15 is 0 Å². The molecule has 0 aliphatic heterocycles. The van der Waals surface area contributed by atoms with E-state index in [2.05, 4.69) is 39.5 Å². The molecule has 0 aromatic rings. The first-order chi connectivity index (χ1) is 25.3. The molecule has 0 amide bonds. The van der Waals surface area contributed by atoms with Crippen LogP contribution in [0.2, 0.25) is 0 Å². The maximum atomic E-state index is 13.3. The Bertz CT molecular complexity index is 759. The fourth-order valence-electron chi connectivity index (χ4n) is 6.92. The molecule has 0 atom stereocenters. The van der Waals surface area contributed by atoms with Crippen LogP contribution in [0.4, 0.5) is 4.79 Å². The van der Waals surface area contributed by atoms with Crippen molar-refractivity contribution in [1.82, 2.24) is 4.90 Å². The second kappa shape index (κ2) is 38.0. The van der Waals surface area contributed by atoms with Gasteiger partial charge in [-0.05, 0) is 84.7 Å². The van der Waals surface area contributed by atoms with Gasteiger partial charge in [-0.25, -0.2) is 4.79 Å². The van der Waals surface area contributed by atoms with Crippen molar-refractivity contribution in [2.75, 3.05) is 39.5 Å². The summed E-state index contributed by atoms with van der Waals surface area (Å²) >= 11 is 0. The van der Waals surface area contributed by atoms with Crippen LogP contribution < -0.4 is 0 Å². The molecule has 0 aromatic carbocycles. The molecular weight excluding hydrogens is 650 g/mol. The zero-order valence-electron chi connectivity index (χ0n) is 35.5. The van der Waals surface area contributed by atoms with Gasteiger partial charge in [0.25, 0.3) is 0 Å². The Labute approximate surface area is 323 Å². The maximum Gasteiger partial charge on any atom is 0.508 e. The van der Waals surface area contributed by atoms with Crippen LogP contribution in [-0.4, -0.2) is 67.7 Å². The van der Waals surface area contributed by atoms with Crippen LogP contribution in [0.15, 0.2) is 0 Å². The third-order valence-corrected chi connectivity index (χ3v) is 10.6. The fraction of sp³-hybridized carbons (Fsp3) is 0.956. The highest BCUT2D eigenvalue weighted by molar-refractivity contribution is 5.76. The van der Waals surface area contributed by atoms with Crippen molar-refractivity contribution in [3.05, 3.63) is 0 Å². The lowest BCUT2D eigenvalue weighted by atomic mass is 9.86. The van der Waals surface area contributed by atoms with Crippen LogP contribution in [0.25, 0.3) is 0 Å². The van der Waals surface area contributed by atoms with Gasteiger partial charge in [0.05, 0.1) is 25.2 Å². The summed E-state index contributed by atoms with van der Waals surface area (Å²) in [7, 11) is 0. The highest BCUT2D eigenvalue weighted by atomic mass is 16.7. The van der Waals surface area contributed by atoms with Gasteiger partial charge in [-0.3, -0.25) is 4.79 Å². The number of rotatable bonds is 40. The summed E-state index contributed by atoms with van der Waals surface area (Å²) in [6.45, 7) is 14.4. The minimum Gasteiger partial charge on any atom is -0.462 e. The number of unbranched alkanes of at least 4 members (excludes halogenated alkanes) is 22. The van der Waals surface area contributed by atoms with Gasteiger partial charge in [0, 0.05) is 6.54 Å². The Morgan fingerprint density at radius 3 is 1.38 bits per heavy atom. The molecule has 310 valence electrons. The SMILES string of the molecule is CCCCCCCCCCCOC(=O)OCCCCN(CCO)CCCCCCC(C)(C)C(=O)OC(CCCCCCCC)CCCCCCCC. The number of carbonyl (C=O) groups is 2. The second-order valence-corrected chi connectivity index (χ2v) is 16.2. The standard InChI is InChI=1S/C45H89NO6/c1-6-9-12-15-18-19-20-25-31-40-50-44(49)51-41-32-30-37-46(38-39-47)36-29-24-23-28-35-45(4,5)43(48)52-42(33-26-21-16-13-10-7-2)34-27-22-17-14-11-8-3/h42,47H,6-41H2,1-5H3. The first kappa shape index (κ1) is 50.7. The lowest BCUT2D eigenvalue weighted by molar-refractivity contribution is -0.161. The van der Waals surface area contributed by atoms with E-state index in [1.807, 2.05) is 0 Å². The normalized spacial score (nSPS) is 11.8. The maximum absolute atomic E-state index is 13.3. The predicted octanol–water partition coefficient (Wildman–Crippen LogP) is 13.1. The number of ether oxygens (including phenoxy) is 3. The van der Waals surface area contributed by atoms with E-state index in [9.17, 15) is 14.7 Å². The van der Waals surface area contributed by atoms with E-state index in [0.29, 0.717) is 19.8 Å². The Hall–Kier alpha value is -1.34. The van der Waals surface area contributed by atoms with E-state index < -0.39 is 11.6 Å². The summed E-state index contributed by atoms with van der Waals surface area (Å²) in [5, 5.41) is 9.56. The summed E-state index contributed by atoms with van der Waals surface area (Å²) in [5.74, 6) is -0.0142. The summed E-state index contributed by atoms with van der Waals surface area (Å²) in [4.78, 5) is 27.5. The smallest absolute Gasteiger partial charge is 0.462 e. The van der Waals surface area contributed by atoms with Gasteiger partial charge in [-0.15, -0.1) is 0 Å². The summed E-state index contributed by atoms with van der Waals surface area (Å²) in [5.41, 5.74) is -0.453. The number of esters is 1. The average Bonchev–Trinajstić information content (AvgIpc) is 3.12. The molecule has 0 rings (SSSR count). The van der Waals surface area contributed by atoms with Gasteiger partial charge in [-0.2, -0.15) is 0 Å². The number of carbonyl (C=O) groups excluding carboxylic acids is 2. The van der Waals surface area contributed by atoms with Crippen molar-refractivity contribution in [3.63, 3.8) is 0 Å². The summed E-state index contributed by atoms with van der Waals surface area (Å²) in [6.07, 6.45) is 34.7. The minimum absolute atomic E-state index is 0.0142. The highest BCUT2D eigenvalue weighted by Gasteiger charge is 2.30. The topological polar surface area (TPSA) is 85.3 Å². The molecule has 7 heteroatoms. The molecule has 0 saturated carbocycles. The molecule has 0 aliphatic rings. The van der Waals surface area contributed by atoms with Gasteiger partial charge in [0.1, 0.15) is 6.10 Å². The third kappa shape index (κ3) is 33.2. The van der Waals surface area contributed by atoms with Crippen molar-refractivity contribution < 1.29 is 28.9 Å². The Kier molecular flexibility index (Phi) is 37.0. The van der Waals surface area contributed by atoms with Crippen LogP contribution in [-0.2, 0) is 19.0 Å². The molecule has 0 bridgehead atoms. The first-order valence-corrected chi connectivity index (χ1v) is 22.6. The van der Waals surface area contributed by atoms with Crippen LogP contribution in [0, 0.1) is 5.41 Å². The summed E-state index contributed by atoms with van der Waals surface area (Å²) in [6, 6.07) is 0. The molecular formula is C45H89NO6. The van der Waals surface area contributed by atoms with Crippen LogP contribution in [0.1, 0.15) is 227 Å². The zero-order chi connectivity index (χ0) is 38.4. The fourth-order valence-corrected chi connectivity index (χ4v) is 6.92. The minimum atomic E-state index is -0.552. The number of nitrogens with zero attached hydrogens (tertiary/aromatic N) is 1. The quantitative estimate of drug-likeness (QED) is 0.0494. The molecule has 0 saturated heterocycles. The molecule has 0 unspecified atom stereocenters. The Morgan fingerprint density at radius 1 is 0.519 bits per heavy atom. The Morgan fingerprint density at radius 2 is 0.904 bits per heavy atom. The highest BCUT2D eigenvalue weighted by Crippen LogP contribution is 2.28. The zero-order valence-corrected chi connectivity index (χ0v) is 35.5. The molecule has 0 aromatic heterocycles. The van der Waals surface area contributed by atoms with E-state index in [-0.39, 0.29) is 18.7 Å². The molecule has 52 heavy (non-hydrogen) atoms. The van der Waals surface area contributed by atoms with E-state index in [1.165, 1.54) is 109 Å². The van der Waals surface area contributed by atoms with Crippen LogP contribution >= 0.6 is 0 Å². The first-order valence-electron chi connectivity index (χ1n) is 22.6. The molecule has 0 aliphatic carbocycles. The number of hydrogen-bond acceptors (Lipinski definition) is 7. The van der Waals surface area contributed by atoms with Crippen LogP contribution in [0.5, 0.6) is 0 Å². The monoisotopic (exact) mass is 740 g/mol. The number of aliphatic hydroxyl groups is 1. The molecule has 0 heterocycles. The third-order valence-electron chi connectivity index (χ3n) is 10.6. The number of aliphatic hydroxyl groups excluding tert-OH is 1. The lowest BCUT2D eigenvalue weighted by Crippen LogP contribution is -2.31. The number of hydrogen-bond donors (Lipinski definition) is 1. The predicted molar refractivity (Wildman–Crippen MR) is 220 cm³/mol. The molecule has 1 N–H and O–H groups in total. The Balaban J connectivity index is 4.19. The molecule has 0 fully saturated rings. The molecule has 0 spiro atoms. The lowest BCUT2D eigenvalue weighted by Gasteiger charge is -2.27. The van der Waals surface area contributed by atoms with Gasteiger partial charge in [0.2, 0.25) is 0 Å². The van der Waals surface area contributed by atoms with E-state index in [1.54, 1.807) is 0 Å². The van der Waals surface area contributed by atoms with Crippen molar-refractivity contribution in [2.45, 2.75) is 233 Å². The second-order valence-electron chi connectivity index (χ2n) is 16.2. The van der Waals surface area contributed by atoms with Gasteiger partial charge < -0.3 is 24.2 Å². The largest absolute Gasteiger partial charge is 0.508 e. The molecule has 7 nitrogen and oxygen atoms in total. The van der Waals surface area contributed by atoms with Gasteiger partial charge in [-0.1, -0.05) is 156 Å². The molecule has 0 radical (unpaired) electrons. The van der Waals surface area contributed by atoms with Crippen LogP contribution in [0.3, 0.4) is 0 Å².